The molecule has 4 atom stereocenters. The molecule has 5 amide bonds. The number of benzene rings is 1. The predicted octanol–water partition coefficient (Wildman–Crippen LogP) is 2.77. The smallest absolute Gasteiger partial charge is 0.337 e. The lowest BCUT2D eigenvalue weighted by atomic mass is 9.75. The van der Waals surface area contributed by atoms with E-state index in [4.69, 9.17) is 0 Å². The second kappa shape index (κ2) is 11.7. The third-order valence-corrected chi connectivity index (χ3v) is 7.62. The van der Waals surface area contributed by atoms with Crippen LogP contribution in [-0.2, 0) is 20.8 Å². The van der Waals surface area contributed by atoms with Crippen molar-refractivity contribution in [2.24, 2.45) is 23.7 Å². The highest BCUT2D eigenvalue weighted by atomic mass is 16.2. The first-order valence-corrected chi connectivity index (χ1v) is 13.9. The second-order valence-electron chi connectivity index (χ2n) is 11.6. The van der Waals surface area contributed by atoms with Crippen LogP contribution in [-0.4, -0.2) is 70.5 Å². The van der Waals surface area contributed by atoms with Crippen LogP contribution in [0.4, 0.5) is 10.5 Å². The van der Waals surface area contributed by atoms with E-state index in [1.165, 1.54) is 10.6 Å². The van der Waals surface area contributed by atoms with Crippen LogP contribution in [0, 0.1) is 23.7 Å². The molecule has 10 heteroatoms. The van der Waals surface area contributed by atoms with Crippen molar-refractivity contribution in [1.29, 1.82) is 0 Å². The number of nitrogens with one attached hydrogen (secondary N) is 3. The molecule has 0 aromatic heterocycles. The quantitative estimate of drug-likeness (QED) is 0.458. The first-order chi connectivity index (χ1) is 18.1. The van der Waals surface area contributed by atoms with E-state index in [2.05, 4.69) is 23.0 Å². The molecule has 2 heterocycles. The van der Waals surface area contributed by atoms with Gasteiger partial charge in [0.15, 0.2) is 6.29 Å². The van der Waals surface area contributed by atoms with E-state index in [1.807, 2.05) is 52.0 Å². The number of rotatable bonds is 9. The molecule has 1 aromatic carbocycles. The van der Waals surface area contributed by atoms with Gasteiger partial charge in [0.05, 0.1) is 5.92 Å². The summed E-state index contributed by atoms with van der Waals surface area (Å²) in [7, 11) is 0. The Morgan fingerprint density at radius 3 is 2.39 bits per heavy atom. The molecule has 2 aliphatic heterocycles. The molecule has 2 saturated heterocycles. The summed E-state index contributed by atoms with van der Waals surface area (Å²) in [6, 6.07) is 6.88. The van der Waals surface area contributed by atoms with Crippen LogP contribution in [0.5, 0.6) is 0 Å². The fourth-order valence-corrected chi connectivity index (χ4v) is 5.67. The highest BCUT2D eigenvalue weighted by molar-refractivity contribution is 5.95. The van der Waals surface area contributed by atoms with Gasteiger partial charge in [-0.2, -0.15) is 5.43 Å². The van der Waals surface area contributed by atoms with Crippen LogP contribution in [0.2, 0.25) is 0 Å². The van der Waals surface area contributed by atoms with Gasteiger partial charge < -0.3 is 15.5 Å². The molecule has 0 radical (unpaired) electrons. The van der Waals surface area contributed by atoms with Crippen LogP contribution in [0.1, 0.15) is 59.4 Å². The summed E-state index contributed by atoms with van der Waals surface area (Å²) in [5.41, 5.74) is 4.97. The van der Waals surface area contributed by atoms with Gasteiger partial charge in [-0.05, 0) is 55.2 Å². The van der Waals surface area contributed by atoms with Gasteiger partial charge in [0.2, 0.25) is 17.7 Å². The molecule has 3 N–H and O–H groups in total. The molecule has 208 valence electrons. The Bertz CT molecular complexity index is 1040. The molecule has 3 fully saturated rings. The Morgan fingerprint density at radius 1 is 1.05 bits per heavy atom. The zero-order valence-electron chi connectivity index (χ0n) is 23.2. The van der Waals surface area contributed by atoms with Crippen molar-refractivity contribution >= 4 is 29.4 Å². The Balaban J connectivity index is 1.50. The number of amides is 5. The van der Waals surface area contributed by atoms with Gasteiger partial charge in [-0.1, -0.05) is 46.8 Å². The van der Waals surface area contributed by atoms with Gasteiger partial charge >= 0.3 is 6.03 Å². The summed E-state index contributed by atoms with van der Waals surface area (Å²) in [6.07, 6.45) is 1.85. The Morgan fingerprint density at radius 2 is 1.76 bits per heavy atom. The average Bonchev–Trinajstić information content (AvgIpc) is 3.20. The lowest BCUT2D eigenvalue weighted by Gasteiger charge is -2.50. The Labute approximate surface area is 225 Å². The summed E-state index contributed by atoms with van der Waals surface area (Å²) < 4.78 is 0. The SMILES string of the molecule is CCc1ccc(NC(=O)CN2NC3N(CC(C)C)C(=O)C4CCC(C(=O)NCC(C)C)CC4N3C2=O)cc1. The molecular weight excluding hydrogens is 484 g/mol. The molecule has 10 nitrogen and oxygen atoms in total. The maximum atomic E-state index is 13.7. The summed E-state index contributed by atoms with van der Waals surface area (Å²) in [6.45, 7) is 11.1. The zero-order chi connectivity index (χ0) is 27.6. The minimum absolute atomic E-state index is 0.00797. The fourth-order valence-electron chi connectivity index (χ4n) is 5.67. The van der Waals surface area contributed by atoms with Gasteiger partial charge in [0.1, 0.15) is 6.54 Å². The van der Waals surface area contributed by atoms with Gasteiger partial charge in [0, 0.05) is 30.7 Å². The molecule has 1 saturated carbocycles. The first-order valence-electron chi connectivity index (χ1n) is 13.9. The highest BCUT2D eigenvalue weighted by Crippen LogP contribution is 2.40. The molecule has 4 unspecified atom stereocenters. The lowest BCUT2D eigenvalue weighted by Crippen LogP contribution is -2.67. The van der Waals surface area contributed by atoms with Crippen LogP contribution >= 0.6 is 0 Å². The molecular formula is C28H42N6O4. The van der Waals surface area contributed by atoms with Gasteiger partial charge in [-0.25, -0.2) is 9.80 Å². The van der Waals surface area contributed by atoms with Crippen LogP contribution < -0.4 is 16.1 Å². The second-order valence-corrected chi connectivity index (χ2v) is 11.6. The Kier molecular flexibility index (Phi) is 8.60. The summed E-state index contributed by atoms with van der Waals surface area (Å²) in [5, 5.41) is 7.16. The van der Waals surface area contributed by atoms with Crippen molar-refractivity contribution in [1.82, 2.24) is 25.6 Å². The number of hydrazine groups is 1. The highest BCUT2D eigenvalue weighted by Gasteiger charge is 2.56. The number of carbonyl (C=O) groups is 4. The molecule has 0 spiro atoms. The van der Waals surface area contributed by atoms with Crippen molar-refractivity contribution in [3.05, 3.63) is 29.8 Å². The summed E-state index contributed by atoms with van der Waals surface area (Å²) in [5.74, 6) is -0.399. The standard InChI is InChI=1S/C28H42N6O4/c1-6-19-7-10-21(11-8-19)30-24(35)16-33-28(38)34-23-13-20(25(36)29-14-17(2)3)9-12-22(23)26(37)32(15-18(4)5)27(34)31-33/h7-8,10-11,17-18,20,22-23,27,31H,6,9,12-16H2,1-5H3,(H,29,36)(H,30,35). The lowest BCUT2D eigenvalue weighted by molar-refractivity contribution is -0.159. The first kappa shape index (κ1) is 27.9. The third kappa shape index (κ3) is 5.95. The van der Waals surface area contributed by atoms with Crippen LogP contribution in [0.15, 0.2) is 24.3 Å². The van der Waals surface area contributed by atoms with Gasteiger partial charge in [0.25, 0.3) is 0 Å². The topological polar surface area (TPSA) is 114 Å². The zero-order valence-corrected chi connectivity index (χ0v) is 23.2. The number of anilines is 1. The molecule has 1 aliphatic carbocycles. The molecule has 0 bridgehead atoms. The number of carbonyl (C=O) groups excluding carboxylic acids is 4. The van der Waals surface area contributed by atoms with Crippen molar-refractivity contribution in [2.75, 3.05) is 25.0 Å². The van der Waals surface area contributed by atoms with E-state index in [9.17, 15) is 19.2 Å². The average molecular weight is 527 g/mol. The van der Waals surface area contributed by atoms with Gasteiger partial charge in [-0.3, -0.25) is 19.3 Å². The largest absolute Gasteiger partial charge is 0.356 e. The van der Waals surface area contributed by atoms with E-state index in [0.29, 0.717) is 44.0 Å². The van der Waals surface area contributed by atoms with Crippen molar-refractivity contribution in [3.63, 3.8) is 0 Å². The van der Waals surface area contributed by atoms with Crippen LogP contribution in [0.25, 0.3) is 0 Å². The molecule has 3 aliphatic rings. The minimum atomic E-state index is -0.673. The normalized spacial score (nSPS) is 25.1. The van der Waals surface area contributed by atoms with E-state index < -0.39 is 12.3 Å². The summed E-state index contributed by atoms with van der Waals surface area (Å²) >= 11 is 0. The predicted molar refractivity (Wildman–Crippen MR) is 144 cm³/mol. The molecule has 1 aromatic rings. The van der Waals surface area contributed by atoms with Crippen molar-refractivity contribution in [2.45, 2.75) is 72.6 Å². The number of hydrogen-bond acceptors (Lipinski definition) is 5. The minimum Gasteiger partial charge on any atom is -0.356 e. The van der Waals surface area contributed by atoms with Gasteiger partial charge in [-0.15, -0.1) is 0 Å². The third-order valence-electron chi connectivity index (χ3n) is 7.62. The molecule has 4 rings (SSSR count). The maximum Gasteiger partial charge on any atom is 0.337 e. The summed E-state index contributed by atoms with van der Waals surface area (Å²) in [4.78, 5) is 56.4. The monoisotopic (exact) mass is 526 g/mol. The number of hydrogen-bond donors (Lipinski definition) is 3. The maximum absolute atomic E-state index is 13.7. The van der Waals surface area contributed by atoms with Crippen LogP contribution in [0.3, 0.4) is 0 Å². The van der Waals surface area contributed by atoms with E-state index in [1.54, 1.807) is 9.80 Å². The number of fused-ring (bicyclic) bond motifs is 3. The fraction of sp³-hybridized carbons (Fsp3) is 0.643. The van der Waals surface area contributed by atoms with E-state index >= 15 is 0 Å². The Hall–Kier alpha value is -3.14. The molecule has 38 heavy (non-hydrogen) atoms. The van der Waals surface area contributed by atoms with Crippen molar-refractivity contribution < 1.29 is 19.2 Å². The van der Waals surface area contributed by atoms with Crippen molar-refractivity contribution in [3.8, 4) is 0 Å². The van der Waals surface area contributed by atoms with E-state index in [0.717, 1.165) is 6.42 Å². The number of aryl methyl sites for hydroxylation is 1. The van der Waals surface area contributed by atoms with E-state index in [-0.39, 0.29) is 48.1 Å². The number of urea groups is 1. The number of nitrogens with zero attached hydrogens (tertiary/aromatic N) is 3.